The minimum Gasteiger partial charge on any atom is -0.339 e. The first-order valence-corrected chi connectivity index (χ1v) is 8.14. The molecule has 1 aromatic carbocycles. The van der Waals surface area contributed by atoms with Crippen molar-refractivity contribution in [1.82, 2.24) is 9.97 Å². The fourth-order valence-electron chi connectivity index (χ4n) is 3.04. The lowest BCUT2D eigenvalue weighted by atomic mass is 10.1. The Morgan fingerprint density at radius 1 is 1.14 bits per heavy atom. The van der Waals surface area contributed by atoms with Crippen LogP contribution in [0.2, 0.25) is 0 Å². The van der Waals surface area contributed by atoms with Crippen molar-refractivity contribution in [3.05, 3.63) is 46.1 Å². The van der Waals surface area contributed by atoms with Crippen LogP contribution in [-0.4, -0.2) is 9.97 Å². The third-order valence-electron chi connectivity index (χ3n) is 4.36. The summed E-state index contributed by atoms with van der Waals surface area (Å²) in [5.74, 6) is 0.952. The first-order valence-electron chi connectivity index (χ1n) is 7.32. The molecule has 0 bridgehead atoms. The monoisotopic (exact) mass is 295 g/mol. The van der Waals surface area contributed by atoms with Gasteiger partial charge in [-0.25, -0.2) is 9.97 Å². The molecule has 4 heteroatoms. The zero-order valence-corrected chi connectivity index (χ0v) is 13.0. The van der Waals surface area contributed by atoms with E-state index < -0.39 is 0 Å². The van der Waals surface area contributed by atoms with Gasteiger partial charge in [-0.3, -0.25) is 0 Å². The Labute approximate surface area is 128 Å². The molecule has 2 heterocycles. The van der Waals surface area contributed by atoms with Crippen LogP contribution in [0.5, 0.6) is 0 Å². The lowest BCUT2D eigenvalue weighted by Crippen LogP contribution is -1.98. The number of hydrogen-bond acceptors (Lipinski definition) is 4. The van der Waals surface area contributed by atoms with Gasteiger partial charge in [-0.05, 0) is 55.9 Å². The van der Waals surface area contributed by atoms with Gasteiger partial charge >= 0.3 is 0 Å². The van der Waals surface area contributed by atoms with Gasteiger partial charge in [0.15, 0.2) is 0 Å². The molecule has 0 radical (unpaired) electrons. The van der Waals surface area contributed by atoms with Gasteiger partial charge in [0.2, 0.25) is 0 Å². The molecule has 3 nitrogen and oxygen atoms in total. The van der Waals surface area contributed by atoms with Gasteiger partial charge in [0.05, 0.1) is 5.39 Å². The van der Waals surface area contributed by atoms with Crippen LogP contribution in [0, 0.1) is 13.8 Å². The largest absolute Gasteiger partial charge is 0.339 e. The van der Waals surface area contributed by atoms with E-state index in [2.05, 4.69) is 47.3 Å². The second-order valence-corrected chi connectivity index (χ2v) is 6.72. The maximum Gasteiger partial charge on any atom is 0.142 e. The fraction of sp³-hybridized carbons (Fsp3) is 0.294. The normalized spacial score (nSPS) is 13.6. The van der Waals surface area contributed by atoms with Crippen LogP contribution in [0.25, 0.3) is 10.2 Å². The van der Waals surface area contributed by atoms with E-state index in [4.69, 9.17) is 0 Å². The molecule has 2 aromatic heterocycles. The molecule has 106 valence electrons. The second kappa shape index (κ2) is 4.81. The van der Waals surface area contributed by atoms with E-state index in [1.807, 2.05) is 11.3 Å². The SMILES string of the molecule is Cc1cccc(Nc2ncnc3sc4c(c23)CCC4)c1C. The Hall–Kier alpha value is -1.94. The summed E-state index contributed by atoms with van der Waals surface area (Å²) in [6.07, 6.45) is 5.28. The Balaban J connectivity index is 1.85. The predicted octanol–water partition coefficient (Wildman–Crippen LogP) is 4.54. The van der Waals surface area contributed by atoms with Crippen LogP contribution in [0.15, 0.2) is 24.5 Å². The van der Waals surface area contributed by atoms with Crippen LogP contribution < -0.4 is 5.32 Å². The summed E-state index contributed by atoms with van der Waals surface area (Å²) < 4.78 is 0. The van der Waals surface area contributed by atoms with Crippen LogP contribution in [0.4, 0.5) is 11.5 Å². The number of rotatable bonds is 2. The third kappa shape index (κ3) is 2.02. The van der Waals surface area contributed by atoms with E-state index >= 15 is 0 Å². The molecule has 0 aliphatic heterocycles. The van der Waals surface area contributed by atoms with Crippen molar-refractivity contribution >= 4 is 33.1 Å². The number of nitrogens with zero attached hydrogens (tertiary/aromatic N) is 2. The van der Waals surface area contributed by atoms with Gasteiger partial charge in [-0.15, -0.1) is 11.3 Å². The highest BCUT2D eigenvalue weighted by Gasteiger charge is 2.21. The Morgan fingerprint density at radius 2 is 2.05 bits per heavy atom. The minimum absolute atomic E-state index is 0.952. The number of anilines is 2. The summed E-state index contributed by atoms with van der Waals surface area (Å²) in [6.45, 7) is 4.28. The van der Waals surface area contributed by atoms with E-state index in [-0.39, 0.29) is 0 Å². The summed E-state index contributed by atoms with van der Waals surface area (Å²) in [5, 5.41) is 4.76. The zero-order valence-electron chi connectivity index (χ0n) is 12.2. The summed E-state index contributed by atoms with van der Waals surface area (Å²) in [4.78, 5) is 11.6. The minimum atomic E-state index is 0.952. The maximum absolute atomic E-state index is 4.51. The number of aromatic nitrogens is 2. The molecule has 0 spiro atoms. The lowest BCUT2D eigenvalue weighted by Gasteiger charge is -2.12. The molecule has 0 fully saturated rings. The Bertz CT molecular complexity index is 835. The number of fused-ring (bicyclic) bond motifs is 3. The van der Waals surface area contributed by atoms with Gasteiger partial charge < -0.3 is 5.32 Å². The Kier molecular flexibility index (Phi) is 2.93. The number of aryl methyl sites for hydroxylation is 3. The molecule has 1 aliphatic rings. The molecule has 1 aliphatic carbocycles. The molecule has 0 amide bonds. The van der Waals surface area contributed by atoms with Crippen LogP contribution in [0.1, 0.15) is 28.0 Å². The average molecular weight is 295 g/mol. The van der Waals surface area contributed by atoms with Crippen molar-refractivity contribution in [3.63, 3.8) is 0 Å². The summed E-state index contributed by atoms with van der Waals surface area (Å²) in [7, 11) is 0. The molecular weight excluding hydrogens is 278 g/mol. The smallest absolute Gasteiger partial charge is 0.142 e. The first kappa shape index (κ1) is 12.8. The standard InChI is InChI=1S/C17H17N3S/c1-10-5-3-7-13(11(10)2)20-16-15-12-6-4-8-14(12)21-17(15)19-9-18-16/h3,5,7,9H,4,6,8H2,1-2H3,(H,18,19,20). The van der Waals surface area contributed by atoms with Gasteiger partial charge in [0, 0.05) is 10.6 Å². The predicted molar refractivity (Wildman–Crippen MR) is 88.6 cm³/mol. The summed E-state index contributed by atoms with van der Waals surface area (Å²) in [5.41, 5.74) is 5.16. The molecule has 3 aromatic rings. The van der Waals surface area contributed by atoms with Crippen molar-refractivity contribution in [2.75, 3.05) is 5.32 Å². The quantitative estimate of drug-likeness (QED) is 0.754. The molecule has 4 rings (SSSR count). The fourth-order valence-corrected chi connectivity index (χ4v) is 4.27. The summed E-state index contributed by atoms with van der Waals surface area (Å²) in [6, 6.07) is 6.34. The number of hydrogen-bond donors (Lipinski definition) is 1. The van der Waals surface area contributed by atoms with Crippen LogP contribution in [-0.2, 0) is 12.8 Å². The topological polar surface area (TPSA) is 37.8 Å². The highest BCUT2D eigenvalue weighted by molar-refractivity contribution is 7.19. The van der Waals surface area contributed by atoms with Gasteiger partial charge in [0.1, 0.15) is 17.0 Å². The van der Waals surface area contributed by atoms with E-state index in [0.29, 0.717) is 0 Å². The van der Waals surface area contributed by atoms with Crippen molar-refractivity contribution in [2.24, 2.45) is 0 Å². The van der Waals surface area contributed by atoms with Gasteiger partial charge in [0.25, 0.3) is 0 Å². The zero-order chi connectivity index (χ0) is 14.4. The maximum atomic E-state index is 4.51. The highest BCUT2D eigenvalue weighted by atomic mass is 32.1. The first-order chi connectivity index (χ1) is 10.2. The highest BCUT2D eigenvalue weighted by Crippen LogP contribution is 2.39. The van der Waals surface area contributed by atoms with E-state index in [9.17, 15) is 0 Å². The number of benzene rings is 1. The lowest BCUT2D eigenvalue weighted by molar-refractivity contribution is 0.917. The van der Waals surface area contributed by atoms with Crippen LogP contribution in [0.3, 0.4) is 0 Å². The van der Waals surface area contributed by atoms with Crippen molar-refractivity contribution in [2.45, 2.75) is 33.1 Å². The molecule has 1 N–H and O–H groups in total. The number of nitrogens with one attached hydrogen (secondary N) is 1. The molecular formula is C17H17N3S. The van der Waals surface area contributed by atoms with Crippen molar-refractivity contribution in [1.29, 1.82) is 0 Å². The van der Waals surface area contributed by atoms with Crippen molar-refractivity contribution < 1.29 is 0 Å². The average Bonchev–Trinajstić information content (AvgIpc) is 3.04. The summed E-state index contributed by atoms with van der Waals surface area (Å²) >= 11 is 1.83. The van der Waals surface area contributed by atoms with Crippen LogP contribution >= 0.6 is 11.3 Å². The van der Waals surface area contributed by atoms with Gasteiger partial charge in [-0.2, -0.15) is 0 Å². The number of thiophene rings is 1. The Morgan fingerprint density at radius 3 is 2.95 bits per heavy atom. The molecule has 0 atom stereocenters. The molecule has 21 heavy (non-hydrogen) atoms. The molecule has 0 saturated carbocycles. The third-order valence-corrected chi connectivity index (χ3v) is 5.56. The van der Waals surface area contributed by atoms with E-state index in [1.54, 1.807) is 6.33 Å². The van der Waals surface area contributed by atoms with Crippen molar-refractivity contribution in [3.8, 4) is 0 Å². The second-order valence-electron chi connectivity index (χ2n) is 5.63. The van der Waals surface area contributed by atoms with E-state index in [0.717, 1.165) is 22.8 Å². The molecule has 0 unspecified atom stereocenters. The van der Waals surface area contributed by atoms with Gasteiger partial charge in [-0.1, -0.05) is 12.1 Å². The van der Waals surface area contributed by atoms with E-state index in [1.165, 1.54) is 39.8 Å². The molecule has 0 saturated heterocycles.